The van der Waals surface area contributed by atoms with Crippen LogP contribution in [0, 0.1) is 0 Å². The molecule has 30 heavy (non-hydrogen) atoms. The van der Waals surface area contributed by atoms with Gasteiger partial charge >= 0.3 is 0 Å². The van der Waals surface area contributed by atoms with Crippen molar-refractivity contribution < 1.29 is 4.79 Å². The highest BCUT2D eigenvalue weighted by molar-refractivity contribution is 7.99. The van der Waals surface area contributed by atoms with Gasteiger partial charge in [-0.25, -0.2) is 0 Å². The fourth-order valence-electron chi connectivity index (χ4n) is 2.91. The van der Waals surface area contributed by atoms with Crippen molar-refractivity contribution in [3.63, 3.8) is 0 Å². The lowest BCUT2D eigenvalue weighted by Gasteiger charge is -2.12. The van der Waals surface area contributed by atoms with Gasteiger partial charge in [-0.2, -0.15) is 4.68 Å². The number of carbonyl (C=O) groups excluding carboxylic acids is 1. The first-order valence-corrected chi connectivity index (χ1v) is 11.1. The van der Waals surface area contributed by atoms with Crippen LogP contribution in [0.4, 0.5) is 5.69 Å². The largest absolute Gasteiger partial charge is 0.378 e. The smallest absolute Gasteiger partial charge is 0.230 e. The van der Waals surface area contributed by atoms with Gasteiger partial charge in [-0.05, 0) is 58.7 Å². The molecule has 1 amide bonds. The van der Waals surface area contributed by atoms with E-state index >= 15 is 0 Å². The van der Waals surface area contributed by atoms with Gasteiger partial charge in [0.05, 0.1) is 11.4 Å². The zero-order valence-corrected chi connectivity index (χ0v) is 18.5. The third kappa shape index (κ3) is 6.06. The molecule has 0 aliphatic rings. The van der Waals surface area contributed by atoms with Crippen molar-refractivity contribution in [2.24, 2.45) is 0 Å². The summed E-state index contributed by atoms with van der Waals surface area (Å²) in [6, 6.07) is 16.4. The van der Waals surface area contributed by atoms with Crippen LogP contribution in [0.3, 0.4) is 0 Å². The minimum atomic E-state index is -0.0545. The van der Waals surface area contributed by atoms with E-state index in [1.807, 2.05) is 55.4 Å². The summed E-state index contributed by atoms with van der Waals surface area (Å²) in [5, 5.41) is 15.4. The Bertz CT molecular complexity index is 937. The Hall–Kier alpha value is -2.87. The number of carbonyl (C=O) groups is 1. The lowest BCUT2D eigenvalue weighted by Crippen LogP contribution is -2.24. The Morgan fingerprint density at radius 1 is 1.07 bits per heavy atom. The maximum absolute atomic E-state index is 12.3. The average molecular weight is 425 g/mol. The molecule has 0 atom stereocenters. The second kappa shape index (κ2) is 10.8. The summed E-state index contributed by atoms with van der Waals surface area (Å²) in [7, 11) is 4.00. The molecule has 0 saturated heterocycles. The van der Waals surface area contributed by atoms with Crippen LogP contribution < -0.4 is 10.2 Å². The molecule has 3 rings (SSSR count). The predicted octanol–water partition coefficient (Wildman–Crippen LogP) is 3.48. The number of nitrogens with zero attached hydrogens (tertiary/aromatic N) is 5. The van der Waals surface area contributed by atoms with Crippen molar-refractivity contribution in [1.29, 1.82) is 0 Å². The highest BCUT2D eigenvalue weighted by Gasteiger charge is 2.11. The number of benzene rings is 2. The molecule has 0 bridgehead atoms. The van der Waals surface area contributed by atoms with Crippen LogP contribution in [0.5, 0.6) is 0 Å². The first-order chi connectivity index (χ1) is 14.6. The molecular weight excluding hydrogens is 396 g/mol. The number of rotatable bonds is 10. The minimum Gasteiger partial charge on any atom is -0.378 e. The zero-order chi connectivity index (χ0) is 21.3. The summed E-state index contributed by atoms with van der Waals surface area (Å²) in [5.41, 5.74) is 4.39. The number of aromatic nitrogens is 4. The molecular formula is C22H28N6OS. The van der Waals surface area contributed by atoms with E-state index in [1.165, 1.54) is 30.2 Å². The molecule has 0 aliphatic carbocycles. The minimum absolute atomic E-state index is 0.0545. The first kappa shape index (κ1) is 21.8. The molecule has 1 aromatic heterocycles. The topological polar surface area (TPSA) is 75.9 Å². The normalized spacial score (nSPS) is 10.8. The molecule has 1 N–H and O–H groups in total. The number of unbranched alkanes of at least 4 members (excludes halogenated alkanes) is 1. The number of hydrogen-bond donors (Lipinski definition) is 1. The number of nitrogens with one attached hydrogen (secondary N) is 1. The molecule has 3 aromatic rings. The molecule has 1 heterocycles. The van der Waals surface area contributed by atoms with E-state index in [0.717, 1.165) is 23.4 Å². The highest BCUT2D eigenvalue weighted by atomic mass is 32.2. The molecule has 2 aromatic carbocycles. The Balaban J connectivity index is 1.51. The summed E-state index contributed by atoms with van der Waals surface area (Å²) >= 11 is 1.32. The van der Waals surface area contributed by atoms with Gasteiger partial charge in [-0.15, -0.1) is 5.10 Å². The molecule has 0 saturated carbocycles. The van der Waals surface area contributed by atoms with Crippen LogP contribution in [0.15, 0.2) is 53.7 Å². The number of anilines is 1. The van der Waals surface area contributed by atoms with E-state index in [9.17, 15) is 4.79 Å². The number of hydrogen-bond acceptors (Lipinski definition) is 6. The summed E-state index contributed by atoms with van der Waals surface area (Å²) < 4.78 is 1.67. The molecule has 0 radical (unpaired) electrons. The monoisotopic (exact) mass is 424 g/mol. The van der Waals surface area contributed by atoms with Gasteiger partial charge in [0, 0.05) is 26.3 Å². The fourth-order valence-corrected chi connectivity index (χ4v) is 3.63. The van der Waals surface area contributed by atoms with Crippen LogP contribution in [-0.4, -0.2) is 46.0 Å². The van der Waals surface area contributed by atoms with E-state index < -0.39 is 0 Å². The molecule has 0 unspecified atom stereocenters. The van der Waals surface area contributed by atoms with Gasteiger partial charge in [0.1, 0.15) is 0 Å². The van der Waals surface area contributed by atoms with Gasteiger partial charge in [0.25, 0.3) is 0 Å². The Labute approximate surface area is 181 Å². The van der Waals surface area contributed by atoms with Gasteiger partial charge in [-0.3, -0.25) is 4.79 Å². The standard InChI is InChI=1S/C22H28N6OS/c1-4-5-6-17-7-13-20(14-8-17)28-22(24-25-26-28)30-16-21(29)23-15-18-9-11-19(12-10-18)27(2)3/h7-14H,4-6,15-16H2,1-3H3,(H,23,29). The summed E-state index contributed by atoms with van der Waals surface area (Å²) in [6.45, 7) is 2.69. The van der Waals surface area contributed by atoms with Crippen molar-refractivity contribution in [2.45, 2.75) is 37.9 Å². The van der Waals surface area contributed by atoms with Crippen LogP contribution in [0.1, 0.15) is 30.9 Å². The molecule has 7 nitrogen and oxygen atoms in total. The molecule has 0 aliphatic heterocycles. The zero-order valence-electron chi connectivity index (χ0n) is 17.7. The lowest BCUT2D eigenvalue weighted by atomic mass is 10.1. The van der Waals surface area contributed by atoms with Gasteiger partial charge < -0.3 is 10.2 Å². The van der Waals surface area contributed by atoms with E-state index in [-0.39, 0.29) is 11.7 Å². The summed E-state index contributed by atoms with van der Waals surface area (Å²) in [5.74, 6) is 0.200. The van der Waals surface area contributed by atoms with Crippen molar-refractivity contribution in [1.82, 2.24) is 25.5 Å². The van der Waals surface area contributed by atoms with Crippen LogP contribution in [0.25, 0.3) is 5.69 Å². The van der Waals surface area contributed by atoms with E-state index in [1.54, 1.807) is 4.68 Å². The SMILES string of the molecule is CCCCc1ccc(-n2nnnc2SCC(=O)NCc2ccc(N(C)C)cc2)cc1. The fraction of sp³-hybridized carbons (Fsp3) is 0.364. The first-order valence-electron chi connectivity index (χ1n) is 10.1. The summed E-state index contributed by atoms with van der Waals surface area (Å²) in [6.07, 6.45) is 3.44. The van der Waals surface area contributed by atoms with E-state index in [4.69, 9.17) is 0 Å². The van der Waals surface area contributed by atoms with Crippen molar-refractivity contribution in [2.75, 3.05) is 24.7 Å². The second-order valence-corrected chi connectivity index (χ2v) is 8.21. The Morgan fingerprint density at radius 3 is 2.43 bits per heavy atom. The quantitative estimate of drug-likeness (QED) is 0.502. The molecule has 0 spiro atoms. The average Bonchev–Trinajstić information content (AvgIpc) is 3.24. The van der Waals surface area contributed by atoms with Crippen LogP contribution in [0.2, 0.25) is 0 Å². The molecule has 8 heteroatoms. The second-order valence-electron chi connectivity index (χ2n) is 7.27. The number of aryl methyl sites for hydroxylation is 1. The van der Waals surface area contributed by atoms with Gasteiger partial charge in [0.2, 0.25) is 11.1 Å². The van der Waals surface area contributed by atoms with E-state index in [0.29, 0.717) is 11.7 Å². The van der Waals surface area contributed by atoms with Crippen LogP contribution in [-0.2, 0) is 17.8 Å². The lowest BCUT2D eigenvalue weighted by molar-refractivity contribution is -0.118. The van der Waals surface area contributed by atoms with Crippen LogP contribution >= 0.6 is 11.8 Å². The van der Waals surface area contributed by atoms with Gasteiger partial charge in [0.15, 0.2) is 0 Å². The van der Waals surface area contributed by atoms with Crippen molar-refractivity contribution >= 4 is 23.4 Å². The maximum Gasteiger partial charge on any atom is 0.230 e. The third-order valence-corrected chi connectivity index (χ3v) is 5.63. The van der Waals surface area contributed by atoms with Gasteiger partial charge in [-0.1, -0.05) is 49.4 Å². The molecule has 158 valence electrons. The summed E-state index contributed by atoms with van der Waals surface area (Å²) in [4.78, 5) is 14.3. The highest BCUT2D eigenvalue weighted by Crippen LogP contribution is 2.19. The van der Waals surface area contributed by atoms with Crippen molar-refractivity contribution in [3.05, 3.63) is 59.7 Å². The van der Waals surface area contributed by atoms with E-state index in [2.05, 4.69) is 39.9 Å². The predicted molar refractivity (Wildman–Crippen MR) is 121 cm³/mol. The maximum atomic E-state index is 12.3. The number of tetrazole rings is 1. The van der Waals surface area contributed by atoms with Crippen molar-refractivity contribution in [3.8, 4) is 5.69 Å². The number of thioether (sulfide) groups is 1. The molecule has 0 fully saturated rings. The Morgan fingerprint density at radius 2 is 1.77 bits per heavy atom. The third-order valence-electron chi connectivity index (χ3n) is 4.72. The Kier molecular flexibility index (Phi) is 7.84. The number of amides is 1.